The van der Waals surface area contributed by atoms with E-state index in [1.807, 2.05) is 0 Å². The number of hydrogen-bond acceptors (Lipinski definition) is 3. The number of halogens is 1. The van der Waals surface area contributed by atoms with E-state index in [2.05, 4.69) is 41.6 Å². The molecular weight excluding hydrogens is 419 g/mol. The Kier molecular flexibility index (Phi) is 6.28. The monoisotopic (exact) mass is 446 g/mol. The molecule has 0 aromatic rings. The van der Waals surface area contributed by atoms with Gasteiger partial charge in [0.2, 0.25) is 11.8 Å². The number of amides is 2. The van der Waals surface area contributed by atoms with Crippen LogP contribution in [0.4, 0.5) is 0 Å². The van der Waals surface area contributed by atoms with Crippen LogP contribution in [0, 0.1) is 29.6 Å². The third kappa shape index (κ3) is 3.45. The molecule has 2 fully saturated rings. The Balaban J connectivity index is 0.00000208. The Hall–Kier alpha value is -1.12. The molecular formula is C17H27IN4O2. The minimum Gasteiger partial charge on any atom is -0.356 e. The fourth-order valence-corrected chi connectivity index (χ4v) is 3.99. The average molecular weight is 446 g/mol. The van der Waals surface area contributed by atoms with Gasteiger partial charge in [0.1, 0.15) is 0 Å². The summed E-state index contributed by atoms with van der Waals surface area (Å²) in [5.41, 5.74) is 0. The minimum absolute atomic E-state index is 0. The lowest BCUT2D eigenvalue weighted by Crippen LogP contribution is -2.44. The topological polar surface area (TPSA) is 73.8 Å². The number of nitrogens with zero attached hydrogens (tertiary/aromatic N) is 2. The van der Waals surface area contributed by atoms with Crippen LogP contribution < -0.4 is 10.6 Å². The third-order valence-corrected chi connectivity index (χ3v) is 5.09. The van der Waals surface area contributed by atoms with Crippen molar-refractivity contribution >= 4 is 41.8 Å². The van der Waals surface area contributed by atoms with Gasteiger partial charge in [-0.1, -0.05) is 26.0 Å². The molecule has 2 amide bonds. The second kappa shape index (κ2) is 7.84. The molecule has 3 aliphatic rings. The summed E-state index contributed by atoms with van der Waals surface area (Å²) in [5, 5.41) is 6.39. The Bertz CT molecular complexity index is 531. The summed E-state index contributed by atoms with van der Waals surface area (Å²) in [4.78, 5) is 30.7. The van der Waals surface area contributed by atoms with Crippen molar-refractivity contribution in [3.8, 4) is 0 Å². The SMILES string of the molecule is CN=C(NCCN1C(=O)C2C3C=CC(C3)C2C1=O)NCC(C)C.I. The molecule has 4 unspecified atom stereocenters. The van der Waals surface area contributed by atoms with E-state index in [0.717, 1.165) is 13.0 Å². The first-order chi connectivity index (χ1) is 11.0. The van der Waals surface area contributed by atoms with Gasteiger partial charge in [-0.25, -0.2) is 0 Å². The average Bonchev–Trinajstić information content (AvgIpc) is 3.19. The molecule has 7 heteroatoms. The van der Waals surface area contributed by atoms with Crippen LogP contribution in [0.15, 0.2) is 17.1 Å². The van der Waals surface area contributed by atoms with Gasteiger partial charge in [-0.15, -0.1) is 24.0 Å². The number of hydrogen-bond donors (Lipinski definition) is 2. The summed E-state index contributed by atoms with van der Waals surface area (Å²) in [6, 6.07) is 0. The Morgan fingerprint density at radius 3 is 2.29 bits per heavy atom. The highest BCUT2D eigenvalue weighted by atomic mass is 127. The summed E-state index contributed by atoms with van der Waals surface area (Å²) >= 11 is 0. The number of imide groups is 1. The maximum absolute atomic E-state index is 12.5. The van der Waals surface area contributed by atoms with Crippen molar-refractivity contribution in [2.75, 3.05) is 26.7 Å². The summed E-state index contributed by atoms with van der Waals surface area (Å²) < 4.78 is 0. The molecule has 0 aromatic heterocycles. The van der Waals surface area contributed by atoms with Gasteiger partial charge < -0.3 is 10.6 Å². The van der Waals surface area contributed by atoms with E-state index in [4.69, 9.17) is 0 Å². The van der Waals surface area contributed by atoms with Gasteiger partial charge in [0.25, 0.3) is 0 Å². The van der Waals surface area contributed by atoms with E-state index in [0.29, 0.717) is 25.0 Å². The van der Waals surface area contributed by atoms with Crippen LogP contribution in [-0.2, 0) is 9.59 Å². The van der Waals surface area contributed by atoms with Crippen LogP contribution in [0.3, 0.4) is 0 Å². The number of carbonyl (C=O) groups excluding carboxylic acids is 2. The van der Waals surface area contributed by atoms with Gasteiger partial charge >= 0.3 is 0 Å². The number of carbonyl (C=O) groups is 2. The number of aliphatic imine (C=N–C) groups is 1. The first-order valence-corrected chi connectivity index (χ1v) is 8.51. The number of guanidine groups is 1. The summed E-state index contributed by atoms with van der Waals surface area (Å²) in [6.45, 7) is 6.02. The van der Waals surface area contributed by atoms with Crippen LogP contribution in [0.25, 0.3) is 0 Å². The molecule has 6 nitrogen and oxygen atoms in total. The van der Waals surface area contributed by atoms with E-state index in [1.54, 1.807) is 7.05 Å². The second-order valence-corrected chi connectivity index (χ2v) is 7.10. The zero-order valence-corrected chi connectivity index (χ0v) is 16.8. The second-order valence-electron chi connectivity index (χ2n) is 7.10. The van der Waals surface area contributed by atoms with E-state index in [-0.39, 0.29) is 59.5 Å². The fraction of sp³-hybridized carbons (Fsp3) is 0.706. The maximum Gasteiger partial charge on any atom is 0.233 e. The molecule has 1 aliphatic heterocycles. The van der Waals surface area contributed by atoms with Crippen molar-refractivity contribution in [3.63, 3.8) is 0 Å². The Morgan fingerprint density at radius 2 is 1.79 bits per heavy atom. The Labute approximate surface area is 160 Å². The lowest BCUT2D eigenvalue weighted by Gasteiger charge is -2.19. The predicted molar refractivity (Wildman–Crippen MR) is 104 cm³/mol. The summed E-state index contributed by atoms with van der Waals surface area (Å²) in [5.74, 6) is 1.62. The summed E-state index contributed by atoms with van der Waals surface area (Å²) in [7, 11) is 1.72. The maximum atomic E-state index is 12.5. The highest BCUT2D eigenvalue weighted by Gasteiger charge is 2.58. The van der Waals surface area contributed by atoms with Crippen molar-refractivity contribution in [3.05, 3.63) is 12.2 Å². The van der Waals surface area contributed by atoms with Crippen molar-refractivity contribution in [2.45, 2.75) is 20.3 Å². The van der Waals surface area contributed by atoms with Crippen LogP contribution in [0.1, 0.15) is 20.3 Å². The fourth-order valence-electron chi connectivity index (χ4n) is 3.99. The molecule has 4 atom stereocenters. The molecule has 2 N–H and O–H groups in total. The molecule has 2 aliphatic carbocycles. The number of fused-ring (bicyclic) bond motifs is 5. The zero-order valence-electron chi connectivity index (χ0n) is 14.5. The summed E-state index contributed by atoms with van der Waals surface area (Å²) in [6.07, 6.45) is 5.22. The molecule has 1 saturated heterocycles. The first-order valence-electron chi connectivity index (χ1n) is 8.51. The number of nitrogens with one attached hydrogen (secondary N) is 2. The van der Waals surface area contributed by atoms with Crippen LogP contribution in [-0.4, -0.2) is 49.4 Å². The molecule has 0 radical (unpaired) electrons. The van der Waals surface area contributed by atoms with Gasteiger partial charge in [-0.3, -0.25) is 19.5 Å². The zero-order chi connectivity index (χ0) is 16.6. The van der Waals surface area contributed by atoms with Crippen molar-refractivity contribution in [1.29, 1.82) is 0 Å². The molecule has 0 spiro atoms. The van der Waals surface area contributed by atoms with Gasteiger partial charge in [0.15, 0.2) is 5.96 Å². The normalized spacial score (nSPS) is 30.8. The smallest absolute Gasteiger partial charge is 0.233 e. The third-order valence-electron chi connectivity index (χ3n) is 5.09. The molecule has 24 heavy (non-hydrogen) atoms. The lowest BCUT2D eigenvalue weighted by molar-refractivity contribution is -0.140. The van der Waals surface area contributed by atoms with E-state index in [1.165, 1.54) is 4.90 Å². The van der Waals surface area contributed by atoms with Crippen LogP contribution in [0.2, 0.25) is 0 Å². The largest absolute Gasteiger partial charge is 0.356 e. The van der Waals surface area contributed by atoms with Crippen molar-refractivity contribution in [2.24, 2.45) is 34.6 Å². The minimum atomic E-state index is -0.101. The van der Waals surface area contributed by atoms with E-state index >= 15 is 0 Å². The van der Waals surface area contributed by atoms with Crippen molar-refractivity contribution < 1.29 is 9.59 Å². The molecule has 134 valence electrons. The highest BCUT2D eigenvalue weighted by Crippen LogP contribution is 2.52. The highest BCUT2D eigenvalue weighted by molar-refractivity contribution is 14.0. The molecule has 2 bridgehead atoms. The number of allylic oxidation sites excluding steroid dienone is 2. The van der Waals surface area contributed by atoms with E-state index < -0.39 is 0 Å². The number of likely N-dealkylation sites (tertiary alicyclic amines) is 1. The quantitative estimate of drug-likeness (QED) is 0.219. The van der Waals surface area contributed by atoms with E-state index in [9.17, 15) is 9.59 Å². The van der Waals surface area contributed by atoms with Crippen molar-refractivity contribution in [1.82, 2.24) is 15.5 Å². The van der Waals surface area contributed by atoms with Crippen LogP contribution in [0.5, 0.6) is 0 Å². The van der Waals surface area contributed by atoms with Gasteiger partial charge in [-0.05, 0) is 24.2 Å². The van der Waals surface area contributed by atoms with Gasteiger partial charge in [0, 0.05) is 26.7 Å². The molecule has 1 heterocycles. The first kappa shape index (κ1) is 19.2. The molecule has 0 aromatic carbocycles. The number of rotatable bonds is 5. The van der Waals surface area contributed by atoms with Crippen LogP contribution >= 0.6 is 24.0 Å². The lowest BCUT2D eigenvalue weighted by atomic mass is 9.85. The molecule has 1 saturated carbocycles. The standard InChI is InChI=1S/C17H26N4O2.HI/c1-10(2)9-20-17(18-3)19-6-7-21-15(22)13-11-4-5-12(8-11)14(13)16(21)23;/h4-5,10-14H,6-9H2,1-3H3,(H2,18,19,20);1H. The molecule has 3 rings (SSSR count). The van der Waals surface area contributed by atoms with Gasteiger partial charge in [-0.2, -0.15) is 0 Å². The predicted octanol–water partition coefficient (Wildman–Crippen LogP) is 1.23. The Morgan fingerprint density at radius 1 is 1.21 bits per heavy atom. The van der Waals surface area contributed by atoms with Gasteiger partial charge in [0.05, 0.1) is 11.8 Å².